The fraction of sp³-hybridized carbons (Fsp3) is 0.300. The number of esters is 1. The van der Waals surface area contributed by atoms with Crippen LogP contribution in [-0.4, -0.2) is 44.2 Å². The third kappa shape index (κ3) is 5.67. The van der Waals surface area contributed by atoms with Crippen molar-refractivity contribution >= 4 is 23.8 Å². The van der Waals surface area contributed by atoms with E-state index in [0.29, 0.717) is 23.4 Å². The third-order valence-corrected chi connectivity index (χ3v) is 4.32. The van der Waals surface area contributed by atoms with Crippen molar-refractivity contribution in [3.8, 4) is 22.6 Å². The number of nitrogens with zero attached hydrogens (tertiary/aromatic N) is 6. The number of hydrogen-bond donors (Lipinski definition) is 0. The van der Waals surface area contributed by atoms with Crippen molar-refractivity contribution in [3.05, 3.63) is 46.9 Å². The molecule has 2 heterocycles. The molecule has 8 nitrogen and oxygen atoms in total. The molecule has 0 aliphatic heterocycles. The van der Waals surface area contributed by atoms with Crippen LogP contribution in [0.15, 0.2) is 35.5 Å². The zero-order chi connectivity index (χ0) is 23.3. The molecule has 0 bridgehead atoms. The second-order valence-corrected chi connectivity index (χ2v) is 7.02. The number of rotatable bonds is 7. The van der Waals surface area contributed by atoms with Crippen LogP contribution in [0.3, 0.4) is 0 Å². The summed E-state index contributed by atoms with van der Waals surface area (Å²) in [6.45, 7) is 1.65. The van der Waals surface area contributed by atoms with Gasteiger partial charge in [0.2, 0.25) is 6.73 Å². The molecule has 0 atom stereocenters. The summed E-state index contributed by atoms with van der Waals surface area (Å²) in [7, 11) is 1.55. The summed E-state index contributed by atoms with van der Waals surface area (Å²) in [6.07, 6.45) is -1.21. The van der Waals surface area contributed by atoms with Crippen LogP contribution >= 0.6 is 11.6 Å². The Morgan fingerprint density at radius 1 is 1.25 bits per heavy atom. The molecule has 0 radical (unpaired) electrons. The maximum absolute atomic E-state index is 13.0. The molecule has 3 aromatic rings. The van der Waals surface area contributed by atoms with Gasteiger partial charge in [0.05, 0.1) is 6.21 Å². The van der Waals surface area contributed by atoms with Crippen LogP contribution < -0.4 is 0 Å². The molecule has 0 aliphatic rings. The fourth-order valence-corrected chi connectivity index (χ4v) is 2.99. The van der Waals surface area contributed by atoms with Crippen LogP contribution in [0.4, 0.5) is 13.2 Å². The second kappa shape index (κ2) is 9.86. The number of benzene rings is 1. The van der Waals surface area contributed by atoms with Crippen molar-refractivity contribution in [2.75, 3.05) is 7.05 Å². The molecule has 0 spiro atoms. The first kappa shape index (κ1) is 23.3. The Bertz CT molecular complexity index is 1150. The van der Waals surface area contributed by atoms with Gasteiger partial charge in [-0.3, -0.25) is 9.79 Å². The van der Waals surface area contributed by atoms with E-state index in [1.807, 2.05) is 6.92 Å². The first-order valence-electron chi connectivity index (χ1n) is 9.45. The topological polar surface area (TPSA) is 95.2 Å². The Kier molecular flexibility index (Phi) is 7.18. The summed E-state index contributed by atoms with van der Waals surface area (Å²) in [4.78, 5) is 24.3. The van der Waals surface area contributed by atoms with Crippen molar-refractivity contribution in [2.24, 2.45) is 4.99 Å². The van der Waals surface area contributed by atoms with Crippen molar-refractivity contribution in [3.63, 3.8) is 0 Å². The van der Waals surface area contributed by atoms with Crippen molar-refractivity contribution < 1.29 is 22.7 Å². The Labute approximate surface area is 186 Å². The monoisotopic (exact) mass is 466 g/mol. The van der Waals surface area contributed by atoms with Gasteiger partial charge in [0, 0.05) is 35.8 Å². The highest BCUT2D eigenvalue weighted by atomic mass is 35.5. The van der Waals surface area contributed by atoms with Gasteiger partial charge in [-0.15, -0.1) is 15.0 Å². The van der Waals surface area contributed by atoms with Crippen LogP contribution in [-0.2, 0) is 22.4 Å². The lowest BCUT2D eigenvalue weighted by molar-refractivity contribution is -0.148. The van der Waals surface area contributed by atoms with E-state index in [1.165, 1.54) is 17.1 Å². The van der Waals surface area contributed by atoms with E-state index in [-0.39, 0.29) is 35.5 Å². The largest absolute Gasteiger partial charge is 0.441 e. The summed E-state index contributed by atoms with van der Waals surface area (Å²) < 4.78 is 44.2. The van der Waals surface area contributed by atoms with Gasteiger partial charge in [-0.05, 0) is 30.7 Å². The van der Waals surface area contributed by atoms with Gasteiger partial charge in [-0.25, -0.2) is 9.97 Å². The maximum Gasteiger partial charge on any atom is 0.433 e. The minimum Gasteiger partial charge on any atom is -0.441 e. The molecule has 0 amide bonds. The van der Waals surface area contributed by atoms with Crippen LogP contribution in [0.1, 0.15) is 31.2 Å². The normalized spacial score (nSPS) is 11.8. The SMILES string of the molecule is CCCC(=O)OCn1nc(C=NC)c(-c2cc(Cl)cc(-c3nccc(C(F)(F)F)n3)c2)n1. The van der Waals surface area contributed by atoms with Gasteiger partial charge >= 0.3 is 12.1 Å². The zero-order valence-electron chi connectivity index (χ0n) is 17.1. The molecule has 32 heavy (non-hydrogen) atoms. The molecule has 0 fully saturated rings. The van der Waals surface area contributed by atoms with E-state index in [1.54, 1.807) is 19.2 Å². The molecule has 0 N–H and O–H groups in total. The van der Waals surface area contributed by atoms with E-state index >= 15 is 0 Å². The van der Waals surface area contributed by atoms with Crippen LogP contribution in [0.2, 0.25) is 5.02 Å². The molecule has 168 valence electrons. The number of alkyl halides is 3. The lowest BCUT2D eigenvalue weighted by Crippen LogP contribution is -2.11. The van der Waals surface area contributed by atoms with E-state index in [9.17, 15) is 18.0 Å². The fourth-order valence-electron chi connectivity index (χ4n) is 2.75. The number of aromatic nitrogens is 5. The van der Waals surface area contributed by atoms with E-state index in [0.717, 1.165) is 12.3 Å². The number of aliphatic imine (C=N–C) groups is 1. The van der Waals surface area contributed by atoms with Crippen LogP contribution in [0, 0.1) is 0 Å². The average Bonchev–Trinajstić information content (AvgIpc) is 3.15. The second-order valence-electron chi connectivity index (χ2n) is 6.58. The van der Waals surface area contributed by atoms with Gasteiger partial charge < -0.3 is 4.74 Å². The summed E-state index contributed by atoms with van der Waals surface area (Å²) in [5.41, 5.74) is 0.356. The molecule has 12 heteroatoms. The first-order valence-corrected chi connectivity index (χ1v) is 9.83. The summed E-state index contributed by atoms with van der Waals surface area (Å²) in [5, 5.41) is 8.80. The standard InChI is InChI=1S/C20H18ClF3N6O2/c1-3-4-17(31)32-11-30-28-15(10-25-2)18(29-30)12-7-13(9-14(21)8-12)19-26-6-5-16(27-19)20(22,23)24/h5-10H,3-4,11H2,1-2H3. The number of ether oxygens (including phenoxy) is 1. The average molecular weight is 467 g/mol. The zero-order valence-corrected chi connectivity index (χ0v) is 17.9. The maximum atomic E-state index is 13.0. The Morgan fingerprint density at radius 3 is 2.69 bits per heavy atom. The molecule has 2 aromatic heterocycles. The predicted octanol–water partition coefficient (Wildman–Crippen LogP) is 4.42. The van der Waals surface area contributed by atoms with Crippen molar-refractivity contribution in [1.82, 2.24) is 25.0 Å². The molecular weight excluding hydrogens is 449 g/mol. The minimum absolute atomic E-state index is 0.143. The third-order valence-electron chi connectivity index (χ3n) is 4.10. The first-order chi connectivity index (χ1) is 15.2. The molecule has 3 rings (SSSR count). The summed E-state index contributed by atoms with van der Waals surface area (Å²) in [5.74, 6) is -0.529. The van der Waals surface area contributed by atoms with Gasteiger partial charge in [0.15, 0.2) is 5.82 Å². The summed E-state index contributed by atoms with van der Waals surface area (Å²) in [6, 6.07) is 5.36. The summed E-state index contributed by atoms with van der Waals surface area (Å²) >= 11 is 6.22. The molecular formula is C20H18ClF3N6O2. The number of carbonyl (C=O) groups is 1. The van der Waals surface area contributed by atoms with E-state index in [4.69, 9.17) is 16.3 Å². The van der Waals surface area contributed by atoms with Gasteiger partial charge in [-0.2, -0.15) is 13.2 Å². The molecule has 0 unspecified atom stereocenters. The van der Waals surface area contributed by atoms with Crippen LogP contribution in [0.5, 0.6) is 0 Å². The Balaban J connectivity index is 2.00. The minimum atomic E-state index is -4.61. The molecule has 0 aliphatic carbocycles. The quantitative estimate of drug-likeness (QED) is 0.378. The Morgan fingerprint density at radius 2 is 2.00 bits per heavy atom. The highest BCUT2D eigenvalue weighted by Gasteiger charge is 2.33. The predicted molar refractivity (Wildman–Crippen MR) is 111 cm³/mol. The molecule has 0 saturated carbocycles. The number of halogens is 4. The van der Waals surface area contributed by atoms with Crippen molar-refractivity contribution in [2.45, 2.75) is 32.7 Å². The van der Waals surface area contributed by atoms with Crippen molar-refractivity contribution in [1.29, 1.82) is 0 Å². The van der Waals surface area contributed by atoms with E-state index in [2.05, 4.69) is 25.2 Å². The van der Waals surface area contributed by atoms with E-state index < -0.39 is 11.9 Å². The smallest absolute Gasteiger partial charge is 0.433 e. The number of hydrogen-bond acceptors (Lipinski definition) is 7. The van der Waals surface area contributed by atoms with Gasteiger partial charge in [0.1, 0.15) is 17.1 Å². The lowest BCUT2D eigenvalue weighted by Gasteiger charge is -2.08. The molecule has 1 aromatic carbocycles. The lowest BCUT2D eigenvalue weighted by atomic mass is 10.1. The number of carbonyl (C=O) groups excluding carboxylic acids is 1. The Hall–Kier alpha value is -3.34. The highest BCUT2D eigenvalue weighted by Crippen LogP contribution is 2.31. The highest BCUT2D eigenvalue weighted by molar-refractivity contribution is 6.31. The van der Waals surface area contributed by atoms with Crippen LogP contribution in [0.25, 0.3) is 22.6 Å². The van der Waals surface area contributed by atoms with Gasteiger partial charge in [0.25, 0.3) is 0 Å². The van der Waals surface area contributed by atoms with Gasteiger partial charge in [-0.1, -0.05) is 18.5 Å². The molecule has 0 saturated heterocycles.